The molecule has 0 amide bonds. The minimum atomic E-state index is -1.01. The van der Waals surface area contributed by atoms with Gasteiger partial charge in [0.25, 0.3) is 0 Å². The van der Waals surface area contributed by atoms with E-state index in [1.807, 2.05) is 0 Å². The van der Waals surface area contributed by atoms with Crippen LogP contribution in [-0.2, 0) is 14.3 Å². The van der Waals surface area contributed by atoms with Crippen molar-refractivity contribution in [2.45, 2.75) is 31.5 Å². The second kappa shape index (κ2) is 3.53. The Kier molecular flexibility index (Phi) is 2.65. The topological polar surface area (TPSA) is 83.8 Å². The molecule has 0 aliphatic carbocycles. The van der Waals surface area contributed by atoms with Gasteiger partial charge in [-0.15, -0.1) is 0 Å². The number of ether oxygens (including phenoxy) is 1. The van der Waals surface area contributed by atoms with Gasteiger partial charge < -0.3 is 14.9 Å². The van der Waals surface area contributed by atoms with Crippen LogP contribution >= 0.6 is 0 Å². The van der Waals surface area contributed by atoms with E-state index in [0.29, 0.717) is 12.8 Å². The Morgan fingerprint density at radius 1 is 1.33 bits per heavy atom. The van der Waals surface area contributed by atoms with Crippen molar-refractivity contribution in [3.63, 3.8) is 0 Å². The molecule has 1 fully saturated rings. The van der Waals surface area contributed by atoms with Crippen LogP contribution in [-0.4, -0.2) is 34.4 Å². The first-order valence-electron chi connectivity index (χ1n) is 3.69. The van der Waals surface area contributed by atoms with Gasteiger partial charge in [-0.1, -0.05) is 0 Å². The van der Waals surface area contributed by atoms with Crippen LogP contribution in [0.1, 0.15) is 19.3 Å². The smallest absolute Gasteiger partial charge is 0.332 e. The molecule has 5 heteroatoms. The monoisotopic (exact) mass is 174 g/mol. The second-order valence-corrected chi connectivity index (χ2v) is 2.76. The van der Waals surface area contributed by atoms with Crippen molar-refractivity contribution >= 4 is 11.9 Å². The summed E-state index contributed by atoms with van der Waals surface area (Å²) in [6, 6.07) is 0. The summed E-state index contributed by atoms with van der Waals surface area (Å²) >= 11 is 0. The van der Waals surface area contributed by atoms with Crippen molar-refractivity contribution in [2.24, 2.45) is 0 Å². The van der Waals surface area contributed by atoms with Crippen LogP contribution in [0.15, 0.2) is 0 Å². The summed E-state index contributed by atoms with van der Waals surface area (Å²) in [6.07, 6.45) is -0.418. The van der Waals surface area contributed by atoms with Crippen molar-refractivity contribution in [3.05, 3.63) is 0 Å². The first-order valence-corrected chi connectivity index (χ1v) is 3.69. The molecule has 0 aromatic carbocycles. The summed E-state index contributed by atoms with van der Waals surface area (Å²) in [5, 5.41) is 16.9. The molecule has 0 spiro atoms. The van der Waals surface area contributed by atoms with Crippen LogP contribution < -0.4 is 0 Å². The van der Waals surface area contributed by atoms with E-state index in [1.54, 1.807) is 0 Å². The number of carboxylic acids is 2. The molecule has 1 saturated heterocycles. The summed E-state index contributed by atoms with van der Waals surface area (Å²) < 4.78 is 4.95. The SMILES string of the molecule is O=C(O)C[C@@H]1CC[C@H](C(=O)O)O1. The Morgan fingerprint density at radius 3 is 2.42 bits per heavy atom. The number of aliphatic carboxylic acids is 2. The van der Waals surface area contributed by atoms with Crippen molar-refractivity contribution in [3.8, 4) is 0 Å². The Balaban J connectivity index is 2.35. The van der Waals surface area contributed by atoms with Crippen LogP contribution in [0.2, 0.25) is 0 Å². The van der Waals surface area contributed by atoms with Crippen LogP contribution in [0.4, 0.5) is 0 Å². The highest BCUT2D eigenvalue weighted by Gasteiger charge is 2.31. The minimum Gasteiger partial charge on any atom is -0.481 e. The summed E-state index contributed by atoms with van der Waals surface area (Å²) in [5.41, 5.74) is 0. The van der Waals surface area contributed by atoms with E-state index in [-0.39, 0.29) is 6.42 Å². The largest absolute Gasteiger partial charge is 0.481 e. The number of carbonyl (C=O) groups is 2. The molecule has 0 saturated carbocycles. The van der Waals surface area contributed by atoms with Crippen LogP contribution in [0, 0.1) is 0 Å². The maximum absolute atomic E-state index is 10.4. The highest BCUT2D eigenvalue weighted by Crippen LogP contribution is 2.21. The Hall–Kier alpha value is -1.10. The van der Waals surface area contributed by atoms with Crippen molar-refractivity contribution in [1.82, 2.24) is 0 Å². The lowest BCUT2D eigenvalue weighted by Crippen LogP contribution is -2.21. The molecule has 1 aliphatic heterocycles. The first-order chi connectivity index (χ1) is 5.59. The molecule has 1 rings (SSSR count). The van der Waals surface area contributed by atoms with Gasteiger partial charge in [0.2, 0.25) is 0 Å². The second-order valence-electron chi connectivity index (χ2n) is 2.76. The lowest BCUT2D eigenvalue weighted by Gasteiger charge is -2.07. The molecule has 5 nitrogen and oxygen atoms in total. The predicted octanol–water partition coefficient (Wildman–Crippen LogP) is 0.0933. The zero-order valence-corrected chi connectivity index (χ0v) is 6.40. The van der Waals surface area contributed by atoms with E-state index in [4.69, 9.17) is 14.9 Å². The molecule has 0 unspecified atom stereocenters. The lowest BCUT2D eigenvalue weighted by atomic mass is 10.1. The molecule has 2 atom stereocenters. The Labute approximate surface area is 68.9 Å². The molecule has 68 valence electrons. The molecule has 0 bridgehead atoms. The standard InChI is InChI=1S/C7H10O5/c8-6(9)3-4-1-2-5(12-4)7(10)11/h4-5H,1-3H2,(H,8,9)(H,10,11)/t4-,5+/m0/s1. The zero-order valence-electron chi connectivity index (χ0n) is 6.40. The normalized spacial score (nSPS) is 28.7. The van der Waals surface area contributed by atoms with Gasteiger partial charge in [0.15, 0.2) is 6.10 Å². The van der Waals surface area contributed by atoms with Crippen LogP contribution in [0.3, 0.4) is 0 Å². The van der Waals surface area contributed by atoms with E-state index in [1.165, 1.54) is 0 Å². The fraction of sp³-hybridized carbons (Fsp3) is 0.714. The van der Waals surface area contributed by atoms with Gasteiger partial charge in [0.1, 0.15) is 0 Å². The zero-order chi connectivity index (χ0) is 9.14. The first kappa shape index (κ1) is 8.99. The molecule has 0 aromatic rings. The highest BCUT2D eigenvalue weighted by atomic mass is 16.5. The van der Waals surface area contributed by atoms with Crippen molar-refractivity contribution in [2.75, 3.05) is 0 Å². The summed E-state index contributed by atoms with van der Waals surface area (Å²) in [5.74, 6) is -1.96. The molecule has 0 radical (unpaired) electrons. The molecule has 12 heavy (non-hydrogen) atoms. The Bertz CT molecular complexity index is 200. The van der Waals surface area contributed by atoms with Gasteiger partial charge in [0.05, 0.1) is 12.5 Å². The van der Waals surface area contributed by atoms with E-state index in [0.717, 1.165) is 0 Å². The highest BCUT2D eigenvalue weighted by molar-refractivity contribution is 5.73. The summed E-state index contributed by atoms with van der Waals surface area (Å²) in [4.78, 5) is 20.6. The molecular weight excluding hydrogens is 164 g/mol. The van der Waals surface area contributed by atoms with Gasteiger partial charge in [0, 0.05) is 0 Å². The van der Waals surface area contributed by atoms with Crippen LogP contribution in [0.5, 0.6) is 0 Å². The third-order valence-electron chi connectivity index (χ3n) is 1.79. The maximum atomic E-state index is 10.4. The van der Waals surface area contributed by atoms with E-state index in [9.17, 15) is 9.59 Å². The summed E-state index contributed by atoms with van der Waals surface area (Å²) in [7, 11) is 0. The van der Waals surface area contributed by atoms with E-state index >= 15 is 0 Å². The fourth-order valence-corrected chi connectivity index (χ4v) is 1.23. The van der Waals surface area contributed by atoms with Crippen molar-refractivity contribution in [1.29, 1.82) is 0 Å². The number of hydrogen-bond donors (Lipinski definition) is 2. The molecule has 1 aliphatic rings. The number of hydrogen-bond acceptors (Lipinski definition) is 3. The quantitative estimate of drug-likeness (QED) is 0.633. The molecule has 2 N–H and O–H groups in total. The van der Waals surface area contributed by atoms with Gasteiger partial charge in [-0.3, -0.25) is 4.79 Å². The lowest BCUT2D eigenvalue weighted by molar-refractivity contribution is -0.152. The van der Waals surface area contributed by atoms with E-state index < -0.39 is 24.1 Å². The third-order valence-corrected chi connectivity index (χ3v) is 1.79. The molecule has 1 heterocycles. The van der Waals surface area contributed by atoms with Gasteiger partial charge in [-0.2, -0.15) is 0 Å². The fourth-order valence-electron chi connectivity index (χ4n) is 1.23. The van der Waals surface area contributed by atoms with Crippen LogP contribution in [0.25, 0.3) is 0 Å². The minimum absolute atomic E-state index is 0.107. The number of carboxylic acid groups (broad SMARTS) is 2. The van der Waals surface area contributed by atoms with Gasteiger partial charge in [-0.25, -0.2) is 4.79 Å². The molecular formula is C7H10O5. The average Bonchev–Trinajstić information content (AvgIpc) is 2.34. The third kappa shape index (κ3) is 2.20. The van der Waals surface area contributed by atoms with Crippen molar-refractivity contribution < 1.29 is 24.5 Å². The predicted molar refractivity (Wildman–Crippen MR) is 37.8 cm³/mol. The Morgan fingerprint density at radius 2 is 2.00 bits per heavy atom. The average molecular weight is 174 g/mol. The van der Waals surface area contributed by atoms with E-state index in [2.05, 4.69) is 0 Å². The maximum Gasteiger partial charge on any atom is 0.332 e. The number of rotatable bonds is 3. The summed E-state index contributed by atoms with van der Waals surface area (Å²) in [6.45, 7) is 0. The van der Waals surface area contributed by atoms with Gasteiger partial charge >= 0.3 is 11.9 Å². The molecule has 0 aromatic heterocycles. The van der Waals surface area contributed by atoms with Gasteiger partial charge in [-0.05, 0) is 12.8 Å².